The molecule has 1 amide bonds. The quantitative estimate of drug-likeness (QED) is 0.585. The van der Waals surface area contributed by atoms with E-state index < -0.39 is 0 Å². The number of phenolic OH excluding ortho intramolecular Hbond substituents is 1. The number of nitrogens with one attached hydrogen (secondary N) is 1. The molecule has 1 saturated heterocycles. The third-order valence-electron chi connectivity index (χ3n) is 8.06. The van der Waals surface area contributed by atoms with E-state index in [-0.39, 0.29) is 17.4 Å². The summed E-state index contributed by atoms with van der Waals surface area (Å²) in [6, 6.07) is 19.2. The highest BCUT2D eigenvalue weighted by Crippen LogP contribution is 2.50. The molecule has 4 atom stereocenters. The van der Waals surface area contributed by atoms with Crippen LogP contribution in [0, 0.1) is 5.92 Å². The van der Waals surface area contributed by atoms with Gasteiger partial charge >= 0.3 is 0 Å². The number of rotatable bonds is 9. The number of fused-ring (bicyclic) bond motifs is 2. The summed E-state index contributed by atoms with van der Waals surface area (Å²) in [6.45, 7) is 5.38. The number of benzene rings is 2. The Hall–Kier alpha value is -2.37. The van der Waals surface area contributed by atoms with Gasteiger partial charge in [0.15, 0.2) is 0 Å². The minimum Gasteiger partial charge on any atom is -0.508 e. The average Bonchev–Trinajstić information content (AvgIpc) is 2.81. The first-order valence-corrected chi connectivity index (χ1v) is 12.9. The van der Waals surface area contributed by atoms with Gasteiger partial charge in [0.05, 0.1) is 0 Å². The van der Waals surface area contributed by atoms with Crippen LogP contribution >= 0.6 is 0 Å². The van der Waals surface area contributed by atoms with Gasteiger partial charge in [0.1, 0.15) is 5.75 Å². The van der Waals surface area contributed by atoms with Crippen LogP contribution in [0.5, 0.6) is 5.75 Å². The molecule has 5 nitrogen and oxygen atoms in total. The highest BCUT2D eigenvalue weighted by Gasteiger charge is 2.51. The lowest BCUT2D eigenvalue weighted by molar-refractivity contribution is -0.123. The van der Waals surface area contributed by atoms with Gasteiger partial charge in [-0.15, -0.1) is 0 Å². The summed E-state index contributed by atoms with van der Waals surface area (Å²) in [5, 5.41) is 13.7. The van der Waals surface area contributed by atoms with Gasteiger partial charge in [0, 0.05) is 37.0 Å². The van der Waals surface area contributed by atoms with Crippen LogP contribution in [0.15, 0.2) is 54.6 Å². The predicted molar refractivity (Wildman–Crippen MR) is 138 cm³/mol. The molecule has 184 valence electrons. The number of likely N-dealkylation sites (tertiary alicyclic amines) is 1. The van der Waals surface area contributed by atoms with Crippen molar-refractivity contribution in [2.75, 3.05) is 33.7 Å². The molecule has 2 aromatic carbocycles. The van der Waals surface area contributed by atoms with Gasteiger partial charge < -0.3 is 15.3 Å². The topological polar surface area (TPSA) is 55.8 Å². The lowest BCUT2D eigenvalue weighted by Crippen LogP contribution is -2.61. The fourth-order valence-electron chi connectivity index (χ4n) is 6.29. The Morgan fingerprint density at radius 1 is 1.15 bits per heavy atom. The van der Waals surface area contributed by atoms with E-state index in [1.165, 1.54) is 11.1 Å². The van der Waals surface area contributed by atoms with Crippen molar-refractivity contribution < 1.29 is 9.90 Å². The number of hydrogen-bond donors (Lipinski definition) is 2. The average molecular weight is 464 g/mol. The van der Waals surface area contributed by atoms with Crippen LogP contribution < -0.4 is 5.32 Å². The maximum absolute atomic E-state index is 12.8. The van der Waals surface area contributed by atoms with Crippen molar-refractivity contribution in [1.82, 2.24) is 15.1 Å². The second kappa shape index (κ2) is 10.9. The standard InChI is InChI=1S/C29H41N3O2/c1-22-21-32(16-14-23-9-5-4-6-10-23)26-18-25(30-28(34)13-8-15-31(2)3)19-29(22,20-26)24-11-7-12-27(33)17-24/h4-7,9-12,17,22,25-26,33H,8,13-16,18-21H2,1-3H3,(H,30,34)/t22?,25-,26?,29?/m0/s1. The first-order chi connectivity index (χ1) is 16.4. The Labute approximate surface area is 205 Å². The molecule has 1 aliphatic heterocycles. The molecule has 34 heavy (non-hydrogen) atoms. The van der Waals surface area contributed by atoms with Gasteiger partial charge in [-0.3, -0.25) is 9.69 Å². The molecule has 1 saturated carbocycles. The summed E-state index contributed by atoms with van der Waals surface area (Å²) < 4.78 is 0. The molecule has 4 rings (SSSR count). The fourth-order valence-corrected chi connectivity index (χ4v) is 6.29. The lowest BCUT2D eigenvalue weighted by atomic mass is 9.57. The third-order valence-corrected chi connectivity index (χ3v) is 8.06. The minimum absolute atomic E-state index is 0.0213. The smallest absolute Gasteiger partial charge is 0.220 e. The monoisotopic (exact) mass is 463 g/mol. The Morgan fingerprint density at radius 2 is 1.94 bits per heavy atom. The largest absolute Gasteiger partial charge is 0.508 e. The fraction of sp³-hybridized carbons (Fsp3) is 0.552. The lowest BCUT2D eigenvalue weighted by Gasteiger charge is -2.56. The van der Waals surface area contributed by atoms with E-state index in [0.29, 0.717) is 24.1 Å². The number of phenols is 1. The van der Waals surface area contributed by atoms with E-state index in [1.807, 2.05) is 26.2 Å². The number of carbonyl (C=O) groups excluding carboxylic acids is 1. The first kappa shape index (κ1) is 24.7. The van der Waals surface area contributed by atoms with Crippen LogP contribution in [0.25, 0.3) is 0 Å². The van der Waals surface area contributed by atoms with E-state index in [1.54, 1.807) is 6.07 Å². The van der Waals surface area contributed by atoms with Crippen LogP contribution in [-0.2, 0) is 16.6 Å². The van der Waals surface area contributed by atoms with Crippen molar-refractivity contribution in [2.24, 2.45) is 5.92 Å². The van der Waals surface area contributed by atoms with E-state index in [0.717, 1.165) is 51.7 Å². The number of piperidine rings is 1. The molecule has 0 aromatic heterocycles. The number of nitrogens with zero attached hydrogens (tertiary/aromatic N) is 2. The maximum Gasteiger partial charge on any atom is 0.220 e. The first-order valence-electron chi connectivity index (χ1n) is 12.9. The van der Waals surface area contributed by atoms with Crippen molar-refractivity contribution in [3.8, 4) is 5.75 Å². The van der Waals surface area contributed by atoms with Gasteiger partial charge in [-0.05, 0) is 81.9 Å². The SMILES string of the molecule is CC1CN(CCc2ccccc2)C2C[C@H](NC(=O)CCCN(C)C)CC1(c1cccc(O)c1)C2. The summed E-state index contributed by atoms with van der Waals surface area (Å²) in [5.74, 6) is 0.938. The molecule has 1 aliphatic carbocycles. The third kappa shape index (κ3) is 5.81. The zero-order valence-electron chi connectivity index (χ0n) is 21.0. The normalized spacial score (nSPS) is 27.0. The number of aromatic hydroxyl groups is 1. The summed E-state index contributed by atoms with van der Waals surface area (Å²) in [6.07, 6.45) is 5.53. The van der Waals surface area contributed by atoms with Crippen LogP contribution in [-0.4, -0.2) is 66.6 Å². The Balaban J connectivity index is 1.52. The molecule has 2 aromatic rings. The van der Waals surface area contributed by atoms with E-state index >= 15 is 0 Å². The molecule has 5 heteroatoms. The Kier molecular flexibility index (Phi) is 7.95. The van der Waals surface area contributed by atoms with Crippen LogP contribution in [0.3, 0.4) is 0 Å². The highest BCUT2D eigenvalue weighted by molar-refractivity contribution is 5.76. The van der Waals surface area contributed by atoms with Crippen LogP contribution in [0.4, 0.5) is 0 Å². The molecule has 0 radical (unpaired) electrons. The van der Waals surface area contributed by atoms with Crippen molar-refractivity contribution >= 4 is 5.91 Å². The highest BCUT2D eigenvalue weighted by atomic mass is 16.3. The molecule has 3 unspecified atom stereocenters. The van der Waals surface area contributed by atoms with Gasteiger partial charge in [-0.25, -0.2) is 0 Å². The molecule has 2 N–H and O–H groups in total. The second-order valence-electron chi connectivity index (χ2n) is 10.8. The van der Waals surface area contributed by atoms with Crippen molar-refractivity contribution in [2.45, 2.75) is 62.9 Å². The van der Waals surface area contributed by atoms with Gasteiger partial charge in [-0.2, -0.15) is 0 Å². The molecule has 2 aliphatic rings. The van der Waals surface area contributed by atoms with E-state index in [2.05, 4.69) is 58.4 Å². The maximum atomic E-state index is 12.8. The molecular weight excluding hydrogens is 422 g/mol. The van der Waals surface area contributed by atoms with Crippen LogP contribution in [0.2, 0.25) is 0 Å². The zero-order valence-corrected chi connectivity index (χ0v) is 21.0. The number of hydrogen-bond acceptors (Lipinski definition) is 4. The summed E-state index contributed by atoms with van der Waals surface area (Å²) in [4.78, 5) is 17.6. The Bertz CT molecular complexity index is 947. The summed E-state index contributed by atoms with van der Waals surface area (Å²) in [7, 11) is 4.09. The van der Waals surface area contributed by atoms with Crippen molar-refractivity contribution in [1.29, 1.82) is 0 Å². The molecule has 0 spiro atoms. The molecule has 1 heterocycles. The van der Waals surface area contributed by atoms with Crippen molar-refractivity contribution in [3.05, 3.63) is 65.7 Å². The van der Waals surface area contributed by atoms with Gasteiger partial charge in [0.25, 0.3) is 0 Å². The van der Waals surface area contributed by atoms with Crippen LogP contribution in [0.1, 0.15) is 50.2 Å². The molecule has 2 fully saturated rings. The summed E-state index contributed by atoms with van der Waals surface area (Å²) >= 11 is 0. The summed E-state index contributed by atoms with van der Waals surface area (Å²) in [5.41, 5.74) is 2.58. The minimum atomic E-state index is -0.0213. The predicted octanol–water partition coefficient (Wildman–Crippen LogP) is 4.20. The van der Waals surface area contributed by atoms with Crippen molar-refractivity contribution in [3.63, 3.8) is 0 Å². The van der Waals surface area contributed by atoms with E-state index in [4.69, 9.17) is 0 Å². The number of amides is 1. The zero-order chi connectivity index (χ0) is 24.1. The van der Waals surface area contributed by atoms with E-state index in [9.17, 15) is 9.90 Å². The molecular formula is C29H41N3O2. The van der Waals surface area contributed by atoms with Gasteiger partial charge in [-0.1, -0.05) is 49.4 Å². The van der Waals surface area contributed by atoms with Gasteiger partial charge in [0.2, 0.25) is 5.91 Å². The number of carbonyl (C=O) groups is 1. The Morgan fingerprint density at radius 3 is 2.68 bits per heavy atom. The molecule has 2 bridgehead atoms. The second-order valence-corrected chi connectivity index (χ2v) is 10.8.